The van der Waals surface area contributed by atoms with Gasteiger partial charge in [-0.25, -0.2) is 0 Å². The fourth-order valence-electron chi connectivity index (χ4n) is 2.57. The lowest BCUT2D eigenvalue weighted by molar-refractivity contribution is 0.219. The van der Waals surface area contributed by atoms with Gasteiger partial charge in [0.2, 0.25) is 5.89 Å². The van der Waals surface area contributed by atoms with Crippen molar-refractivity contribution in [3.05, 3.63) is 11.7 Å². The molecular formula is C13H23N3OS. The van der Waals surface area contributed by atoms with E-state index < -0.39 is 0 Å². The molecule has 0 amide bonds. The van der Waals surface area contributed by atoms with E-state index in [0.717, 1.165) is 36.1 Å². The lowest BCUT2D eigenvalue weighted by Crippen LogP contribution is -2.37. The van der Waals surface area contributed by atoms with E-state index in [4.69, 9.17) is 10.3 Å². The minimum Gasteiger partial charge on any atom is -0.339 e. The Hall–Kier alpha value is -0.550. The second kappa shape index (κ2) is 6.57. The summed E-state index contributed by atoms with van der Waals surface area (Å²) in [7, 11) is 0. The highest BCUT2D eigenvalue weighted by Gasteiger charge is 2.37. The zero-order valence-electron chi connectivity index (χ0n) is 11.2. The molecule has 0 bridgehead atoms. The van der Waals surface area contributed by atoms with E-state index in [1.807, 2.05) is 11.8 Å². The number of nitrogens with zero attached hydrogens (tertiary/aromatic N) is 2. The highest BCUT2D eigenvalue weighted by atomic mass is 32.2. The van der Waals surface area contributed by atoms with Crippen molar-refractivity contribution in [1.29, 1.82) is 0 Å². The predicted molar refractivity (Wildman–Crippen MR) is 74.6 cm³/mol. The summed E-state index contributed by atoms with van der Waals surface area (Å²) in [6.07, 6.45) is 7.11. The first-order chi connectivity index (χ1) is 8.80. The van der Waals surface area contributed by atoms with E-state index in [0.29, 0.717) is 6.54 Å². The number of hydrogen-bond acceptors (Lipinski definition) is 5. The van der Waals surface area contributed by atoms with E-state index in [2.05, 4.69) is 17.1 Å². The van der Waals surface area contributed by atoms with Gasteiger partial charge in [-0.3, -0.25) is 0 Å². The summed E-state index contributed by atoms with van der Waals surface area (Å²) in [5.74, 6) is 3.59. The van der Waals surface area contributed by atoms with Crippen LogP contribution in [-0.4, -0.2) is 22.4 Å². The van der Waals surface area contributed by atoms with Crippen LogP contribution in [0.25, 0.3) is 0 Å². The van der Waals surface area contributed by atoms with Gasteiger partial charge >= 0.3 is 0 Å². The summed E-state index contributed by atoms with van der Waals surface area (Å²) in [4.78, 5) is 4.57. The molecule has 1 saturated carbocycles. The van der Waals surface area contributed by atoms with Crippen molar-refractivity contribution < 1.29 is 4.52 Å². The van der Waals surface area contributed by atoms with Gasteiger partial charge in [-0.15, -0.1) is 0 Å². The largest absolute Gasteiger partial charge is 0.339 e. The molecule has 0 spiro atoms. The van der Waals surface area contributed by atoms with Crippen molar-refractivity contribution in [1.82, 2.24) is 10.1 Å². The Morgan fingerprint density at radius 1 is 1.33 bits per heavy atom. The molecule has 1 fully saturated rings. The van der Waals surface area contributed by atoms with Crippen LogP contribution in [0.3, 0.4) is 0 Å². The minimum absolute atomic E-state index is 0.0427. The molecule has 1 heterocycles. The standard InChI is InChI=1S/C13H23N3OS/c1-2-8-18-9-11-15-12(17-16-11)13(10-14)6-4-3-5-7-13/h2-10,14H2,1H3. The Labute approximate surface area is 113 Å². The van der Waals surface area contributed by atoms with E-state index in [1.54, 1.807) is 0 Å². The molecule has 1 aromatic heterocycles. The lowest BCUT2D eigenvalue weighted by atomic mass is 9.74. The molecule has 0 aliphatic heterocycles. The summed E-state index contributed by atoms with van der Waals surface area (Å²) in [5.41, 5.74) is 5.93. The topological polar surface area (TPSA) is 64.9 Å². The molecule has 0 unspecified atom stereocenters. The van der Waals surface area contributed by atoms with Gasteiger partial charge in [-0.05, 0) is 25.0 Å². The quantitative estimate of drug-likeness (QED) is 0.804. The highest BCUT2D eigenvalue weighted by molar-refractivity contribution is 7.98. The molecule has 0 saturated heterocycles. The van der Waals surface area contributed by atoms with Crippen LogP contribution in [0.5, 0.6) is 0 Å². The van der Waals surface area contributed by atoms with Gasteiger partial charge in [0.05, 0.1) is 11.2 Å². The monoisotopic (exact) mass is 269 g/mol. The fourth-order valence-corrected chi connectivity index (χ4v) is 3.30. The Morgan fingerprint density at radius 2 is 2.11 bits per heavy atom. The zero-order valence-corrected chi connectivity index (χ0v) is 12.0. The van der Waals surface area contributed by atoms with Crippen LogP contribution in [0.2, 0.25) is 0 Å². The van der Waals surface area contributed by atoms with Crippen molar-refractivity contribution in [2.45, 2.75) is 56.6 Å². The summed E-state index contributed by atoms with van der Waals surface area (Å²) in [6.45, 7) is 2.80. The van der Waals surface area contributed by atoms with Gasteiger partial charge in [-0.1, -0.05) is 31.3 Å². The normalized spacial score (nSPS) is 19.0. The number of thioether (sulfide) groups is 1. The van der Waals surface area contributed by atoms with Crippen LogP contribution >= 0.6 is 11.8 Å². The smallest absolute Gasteiger partial charge is 0.234 e. The maximum atomic E-state index is 5.97. The first-order valence-corrected chi connectivity index (χ1v) is 8.07. The summed E-state index contributed by atoms with van der Waals surface area (Å²) >= 11 is 1.86. The Kier molecular flexibility index (Phi) is 5.06. The third-order valence-electron chi connectivity index (χ3n) is 3.70. The lowest BCUT2D eigenvalue weighted by Gasteiger charge is -2.32. The van der Waals surface area contributed by atoms with E-state index in [-0.39, 0.29) is 5.41 Å². The van der Waals surface area contributed by atoms with Crippen LogP contribution in [0, 0.1) is 0 Å². The fraction of sp³-hybridized carbons (Fsp3) is 0.846. The first kappa shape index (κ1) is 13.9. The number of hydrogen-bond donors (Lipinski definition) is 1. The average Bonchev–Trinajstić information content (AvgIpc) is 2.89. The number of aromatic nitrogens is 2. The minimum atomic E-state index is -0.0427. The molecule has 2 N–H and O–H groups in total. The Balaban J connectivity index is 2.02. The third kappa shape index (κ3) is 3.06. The number of rotatable bonds is 6. The second-order valence-electron chi connectivity index (χ2n) is 5.11. The third-order valence-corrected chi connectivity index (χ3v) is 4.86. The van der Waals surface area contributed by atoms with Gasteiger partial charge in [0.1, 0.15) is 0 Å². The van der Waals surface area contributed by atoms with Crippen LogP contribution in [0.1, 0.15) is 57.2 Å². The van der Waals surface area contributed by atoms with Crippen LogP contribution in [-0.2, 0) is 11.2 Å². The molecule has 0 atom stereocenters. The molecule has 0 aromatic carbocycles. The molecule has 5 heteroatoms. The molecule has 4 nitrogen and oxygen atoms in total. The maximum Gasteiger partial charge on any atom is 0.234 e. The highest BCUT2D eigenvalue weighted by Crippen LogP contribution is 2.37. The molecule has 1 aliphatic rings. The average molecular weight is 269 g/mol. The molecule has 0 radical (unpaired) electrons. The van der Waals surface area contributed by atoms with E-state index >= 15 is 0 Å². The zero-order chi connectivity index (χ0) is 12.8. The molecule has 102 valence electrons. The van der Waals surface area contributed by atoms with Crippen LogP contribution in [0.15, 0.2) is 4.52 Å². The van der Waals surface area contributed by atoms with Crippen LogP contribution < -0.4 is 5.73 Å². The van der Waals surface area contributed by atoms with Gasteiger partial charge in [-0.2, -0.15) is 16.7 Å². The Morgan fingerprint density at radius 3 is 2.78 bits per heavy atom. The second-order valence-corrected chi connectivity index (χ2v) is 6.22. The van der Waals surface area contributed by atoms with Crippen molar-refractivity contribution >= 4 is 11.8 Å². The van der Waals surface area contributed by atoms with Gasteiger partial charge in [0.25, 0.3) is 0 Å². The van der Waals surface area contributed by atoms with Gasteiger partial charge < -0.3 is 10.3 Å². The molecule has 2 rings (SSSR count). The number of nitrogens with two attached hydrogens (primary N) is 1. The van der Waals surface area contributed by atoms with E-state index in [1.165, 1.54) is 25.7 Å². The van der Waals surface area contributed by atoms with Crippen molar-refractivity contribution in [3.63, 3.8) is 0 Å². The van der Waals surface area contributed by atoms with E-state index in [9.17, 15) is 0 Å². The van der Waals surface area contributed by atoms with Crippen molar-refractivity contribution in [3.8, 4) is 0 Å². The summed E-state index contributed by atoms with van der Waals surface area (Å²) < 4.78 is 5.47. The summed E-state index contributed by atoms with van der Waals surface area (Å²) in [6, 6.07) is 0. The summed E-state index contributed by atoms with van der Waals surface area (Å²) in [5, 5.41) is 4.09. The molecule has 18 heavy (non-hydrogen) atoms. The Bertz CT molecular complexity index is 361. The van der Waals surface area contributed by atoms with Crippen molar-refractivity contribution in [2.75, 3.05) is 12.3 Å². The maximum absolute atomic E-state index is 5.97. The van der Waals surface area contributed by atoms with Crippen molar-refractivity contribution in [2.24, 2.45) is 5.73 Å². The molecule has 1 aliphatic carbocycles. The SMILES string of the molecule is CCCSCc1noc(C2(CN)CCCCC2)n1. The van der Waals surface area contributed by atoms with Crippen LogP contribution in [0.4, 0.5) is 0 Å². The first-order valence-electron chi connectivity index (χ1n) is 6.91. The van der Waals surface area contributed by atoms with Gasteiger partial charge in [0, 0.05) is 6.54 Å². The van der Waals surface area contributed by atoms with Gasteiger partial charge in [0.15, 0.2) is 5.82 Å². The molecule has 1 aromatic rings. The predicted octanol–water partition coefficient (Wildman–Crippen LogP) is 2.87. The molecular weight excluding hydrogens is 246 g/mol.